The van der Waals surface area contributed by atoms with Gasteiger partial charge in [0, 0.05) is 123 Å². The Morgan fingerprint density at radius 1 is 0.193 bits per heavy atom. The standard InChI is InChI=1S/2C37H24N2O.C31H20N2O/c40-37(29-18-17-25-9-4-5-10-27(25)23-29)28-11-8-14-31(24-28)39-33-16-7-6-15-32(33)35-34(39)20-19-26-21-22-38(36(26)35)30-12-2-1-3-13-30;40-37(29-15-14-25-8-4-5-9-28(25)24-29)27-16-19-31(20-17-27)39-33-13-7-6-12-32(33)35-34(39)21-18-26-22-23-38(36(26)35)30-10-2-1-3-11-30;34-31(24-15-14-21-8-4-5-9-23(21)20-24)33-27-13-7-6-12-26(27)29-28(33)17-16-22-18-19-32(30(22)29)25-10-2-1-3-11-25/h2*1-24H;1-20H. The molecule has 0 saturated heterocycles. The molecular weight excluding hydrogens is 1390 g/mol. The highest BCUT2D eigenvalue weighted by Crippen LogP contribution is 2.42. The Morgan fingerprint density at radius 3 is 0.982 bits per heavy atom. The van der Waals surface area contributed by atoms with Crippen molar-refractivity contribution in [3.8, 4) is 28.4 Å². The number of benzene rings is 17. The van der Waals surface area contributed by atoms with Crippen molar-refractivity contribution in [3.63, 3.8) is 0 Å². The average molecular weight is 1460 g/mol. The van der Waals surface area contributed by atoms with Gasteiger partial charge in [-0.25, -0.2) is 0 Å². The molecule has 0 saturated carbocycles. The molecular formula is C105H68N6O3. The van der Waals surface area contributed by atoms with E-state index < -0.39 is 0 Å². The highest BCUT2D eigenvalue weighted by Gasteiger charge is 2.24. The van der Waals surface area contributed by atoms with Gasteiger partial charge in [-0.15, -0.1) is 0 Å². The Hall–Kier alpha value is -15.5. The third-order valence-electron chi connectivity index (χ3n) is 22.5. The average Bonchev–Trinajstić information content (AvgIpc) is 1.57. The van der Waals surface area contributed by atoms with Crippen LogP contribution in [-0.4, -0.2) is 44.9 Å². The molecule has 23 rings (SSSR count). The van der Waals surface area contributed by atoms with Crippen molar-refractivity contribution in [2.45, 2.75) is 0 Å². The van der Waals surface area contributed by atoms with E-state index in [2.05, 4.69) is 248 Å². The molecule has 114 heavy (non-hydrogen) atoms. The maximum absolute atomic E-state index is 14.0. The highest BCUT2D eigenvalue weighted by molar-refractivity contribution is 6.26. The van der Waals surface area contributed by atoms with Gasteiger partial charge in [0.15, 0.2) is 11.6 Å². The molecule has 0 aliphatic heterocycles. The fraction of sp³-hybridized carbons (Fsp3) is 0. The SMILES string of the molecule is O=C(c1ccc(-n2c3ccccc3c3c4c(ccc32)ccn4-c2ccccc2)cc1)c1ccc2ccccc2c1.O=C(c1ccc2ccccc2c1)n1c2ccccc2c2c3c(ccc21)ccn3-c1ccccc1.O=C(c1cccc(-n2c3ccccc3c3c4c(ccc32)ccn4-c2ccccc2)c1)c1ccc2ccccc2c1. The quantitative estimate of drug-likeness (QED) is 0.128. The topological polar surface area (TPSA) is 80.8 Å². The first-order valence-electron chi connectivity index (χ1n) is 38.4. The summed E-state index contributed by atoms with van der Waals surface area (Å²) in [7, 11) is 0. The van der Waals surface area contributed by atoms with Crippen molar-refractivity contribution in [3.05, 3.63) is 441 Å². The summed E-state index contributed by atoms with van der Waals surface area (Å²) in [6.07, 6.45) is 6.41. The van der Waals surface area contributed by atoms with Crippen LogP contribution in [0.1, 0.15) is 42.2 Å². The van der Waals surface area contributed by atoms with Gasteiger partial charge in [-0.2, -0.15) is 0 Å². The Bertz CT molecular complexity index is 7790. The maximum Gasteiger partial charge on any atom is 0.262 e. The van der Waals surface area contributed by atoms with E-state index in [1.165, 1.54) is 43.4 Å². The number of hydrogen-bond donors (Lipinski definition) is 0. The van der Waals surface area contributed by atoms with Gasteiger partial charge in [0.25, 0.3) is 5.91 Å². The second kappa shape index (κ2) is 27.6. The molecule has 23 aromatic rings. The van der Waals surface area contributed by atoms with Gasteiger partial charge in [-0.3, -0.25) is 19.0 Å². The van der Waals surface area contributed by atoms with Gasteiger partial charge >= 0.3 is 0 Å². The Labute approximate surface area is 654 Å². The van der Waals surface area contributed by atoms with Crippen molar-refractivity contribution in [1.82, 2.24) is 27.4 Å². The lowest BCUT2D eigenvalue weighted by Gasteiger charge is -2.11. The molecule has 0 N–H and O–H groups in total. The second-order valence-electron chi connectivity index (χ2n) is 29.1. The summed E-state index contributed by atoms with van der Waals surface area (Å²) in [6, 6.07) is 134. The van der Waals surface area contributed by atoms with Gasteiger partial charge in [-0.1, -0.05) is 243 Å². The summed E-state index contributed by atoms with van der Waals surface area (Å²) in [5.74, 6) is 0.0322. The Kier molecular flexibility index (Phi) is 16.1. The summed E-state index contributed by atoms with van der Waals surface area (Å²) >= 11 is 0. The van der Waals surface area contributed by atoms with Crippen molar-refractivity contribution >= 4 is 148 Å². The molecule has 0 radical (unpaired) electrons. The molecule has 0 spiro atoms. The fourth-order valence-electron chi connectivity index (χ4n) is 17.2. The lowest BCUT2D eigenvalue weighted by atomic mass is 9.99. The number of fused-ring (bicyclic) bond motifs is 18. The van der Waals surface area contributed by atoms with Crippen LogP contribution < -0.4 is 0 Å². The van der Waals surface area contributed by atoms with E-state index in [0.717, 1.165) is 116 Å². The van der Waals surface area contributed by atoms with Crippen LogP contribution >= 0.6 is 0 Å². The number of aromatic nitrogens is 6. The first-order chi connectivity index (χ1) is 56.3. The molecule has 0 fully saturated rings. The van der Waals surface area contributed by atoms with Crippen LogP contribution in [-0.2, 0) is 0 Å². The normalized spacial score (nSPS) is 11.6. The number of carbonyl (C=O) groups is 3. The van der Waals surface area contributed by atoms with E-state index in [4.69, 9.17) is 0 Å². The van der Waals surface area contributed by atoms with E-state index in [0.29, 0.717) is 27.8 Å². The summed E-state index contributed by atoms with van der Waals surface area (Å²) in [5.41, 5.74) is 18.6. The van der Waals surface area contributed by atoms with E-state index in [9.17, 15) is 14.4 Å². The zero-order valence-electron chi connectivity index (χ0n) is 61.7. The zero-order valence-corrected chi connectivity index (χ0v) is 61.7. The fourth-order valence-corrected chi connectivity index (χ4v) is 17.2. The van der Waals surface area contributed by atoms with Crippen LogP contribution in [0.2, 0.25) is 0 Å². The predicted octanol–water partition coefficient (Wildman–Crippen LogP) is 25.8. The number of carbonyl (C=O) groups excluding carboxylic acids is 3. The predicted molar refractivity (Wildman–Crippen MR) is 470 cm³/mol. The summed E-state index contributed by atoms with van der Waals surface area (Å²) in [5, 5.41) is 17.1. The van der Waals surface area contributed by atoms with E-state index in [1.54, 1.807) is 0 Å². The molecule has 536 valence electrons. The Morgan fingerprint density at radius 2 is 0.518 bits per heavy atom. The van der Waals surface area contributed by atoms with E-state index in [-0.39, 0.29) is 17.5 Å². The minimum atomic E-state index is -0.0193. The molecule has 0 aliphatic rings. The number of rotatable bonds is 10. The summed E-state index contributed by atoms with van der Waals surface area (Å²) < 4.78 is 13.2. The van der Waals surface area contributed by atoms with Gasteiger partial charge < -0.3 is 22.8 Å². The van der Waals surface area contributed by atoms with Gasteiger partial charge in [0.05, 0.1) is 49.7 Å². The molecule has 6 aromatic heterocycles. The summed E-state index contributed by atoms with van der Waals surface area (Å²) in [4.78, 5) is 41.0. The lowest BCUT2D eigenvalue weighted by Crippen LogP contribution is -2.11. The molecule has 0 amide bonds. The van der Waals surface area contributed by atoms with Crippen LogP contribution in [0.25, 0.3) is 159 Å². The number of nitrogens with zero attached hydrogens (tertiary/aromatic N) is 6. The van der Waals surface area contributed by atoms with Gasteiger partial charge in [0.1, 0.15) is 0 Å². The third kappa shape index (κ3) is 11.3. The van der Waals surface area contributed by atoms with Crippen molar-refractivity contribution in [2.75, 3.05) is 0 Å². The minimum absolute atomic E-state index is 0.0193. The largest absolute Gasteiger partial charge is 0.316 e. The van der Waals surface area contributed by atoms with Crippen LogP contribution in [0.5, 0.6) is 0 Å². The minimum Gasteiger partial charge on any atom is -0.316 e. The zero-order chi connectivity index (χ0) is 75.9. The van der Waals surface area contributed by atoms with E-state index in [1.807, 2.05) is 193 Å². The second-order valence-corrected chi connectivity index (χ2v) is 29.1. The maximum atomic E-state index is 14.0. The number of para-hydroxylation sites is 6. The van der Waals surface area contributed by atoms with Crippen LogP contribution in [0.4, 0.5) is 0 Å². The molecule has 0 aliphatic carbocycles. The Balaban J connectivity index is 0.000000108. The molecule has 6 heterocycles. The number of ketones is 2. The molecule has 0 atom stereocenters. The molecule has 0 bridgehead atoms. The van der Waals surface area contributed by atoms with Crippen LogP contribution in [0, 0.1) is 0 Å². The molecule has 17 aromatic carbocycles. The monoisotopic (exact) mass is 1460 g/mol. The van der Waals surface area contributed by atoms with Crippen molar-refractivity contribution in [1.29, 1.82) is 0 Å². The molecule has 9 heteroatoms. The lowest BCUT2D eigenvalue weighted by molar-refractivity contribution is 0.0968. The van der Waals surface area contributed by atoms with Gasteiger partial charge in [-0.05, 0) is 184 Å². The molecule has 0 unspecified atom stereocenters. The van der Waals surface area contributed by atoms with Crippen molar-refractivity contribution < 1.29 is 14.4 Å². The van der Waals surface area contributed by atoms with E-state index >= 15 is 0 Å². The smallest absolute Gasteiger partial charge is 0.262 e. The van der Waals surface area contributed by atoms with Gasteiger partial charge in [0.2, 0.25) is 0 Å². The van der Waals surface area contributed by atoms with Crippen LogP contribution in [0.3, 0.4) is 0 Å². The van der Waals surface area contributed by atoms with Crippen molar-refractivity contribution in [2.24, 2.45) is 0 Å². The van der Waals surface area contributed by atoms with Crippen LogP contribution in [0.15, 0.2) is 413 Å². The first kappa shape index (κ1) is 66.7. The highest BCUT2D eigenvalue weighted by atomic mass is 16.2. The third-order valence-corrected chi connectivity index (χ3v) is 22.5. The molecule has 9 nitrogen and oxygen atoms in total. The first-order valence-corrected chi connectivity index (χ1v) is 38.4. The summed E-state index contributed by atoms with van der Waals surface area (Å²) in [6.45, 7) is 0. The number of hydrogen-bond acceptors (Lipinski definition) is 3.